The number of aromatic nitrogens is 5. The molecule has 2 aromatic heterocycles. The number of carboxylic acid groups (broad SMARTS) is 1. The number of carboxylic acids is 1. The molecule has 0 radical (unpaired) electrons. The highest BCUT2D eigenvalue weighted by molar-refractivity contribution is 5.80. The predicted molar refractivity (Wildman–Crippen MR) is 156 cm³/mol. The van der Waals surface area contributed by atoms with Gasteiger partial charge in [0.05, 0.1) is 11.9 Å². The van der Waals surface area contributed by atoms with E-state index in [9.17, 15) is 9.90 Å². The molecule has 1 aliphatic rings. The monoisotopic (exact) mass is 529 g/mol. The first kappa shape index (κ1) is 28.5. The number of benzene rings is 2. The van der Waals surface area contributed by atoms with Crippen molar-refractivity contribution < 1.29 is 9.90 Å². The molecule has 1 atom stereocenters. The minimum absolute atomic E-state index is 0. The number of aryl methyl sites for hydroxylation is 3. The molecular formula is C32H43N5O2. The molecular weight excluding hydrogens is 486 g/mol. The Morgan fingerprint density at radius 1 is 1.10 bits per heavy atom. The average molecular weight is 530 g/mol. The van der Waals surface area contributed by atoms with Gasteiger partial charge in [-0.15, -0.1) is 5.10 Å². The smallest absolute Gasteiger partial charge is 0.304 e. The molecule has 5 rings (SSSR count). The zero-order chi connectivity index (χ0) is 26.8. The molecule has 208 valence electrons. The van der Waals surface area contributed by atoms with E-state index in [1.165, 1.54) is 43.2 Å². The molecule has 0 bridgehead atoms. The Hall–Kier alpha value is -3.48. The molecule has 7 nitrogen and oxygen atoms in total. The molecule has 4 aromatic rings. The van der Waals surface area contributed by atoms with Crippen LogP contribution in [0.5, 0.6) is 0 Å². The molecule has 0 amide bonds. The van der Waals surface area contributed by atoms with Crippen LogP contribution in [0.4, 0.5) is 0 Å². The van der Waals surface area contributed by atoms with Gasteiger partial charge in [-0.3, -0.25) is 4.79 Å². The van der Waals surface area contributed by atoms with Crippen LogP contribution in [0.2, 0.25) is 0 Å². The molecule has 39 heavy (non-hydrogen) atoms. The van der Waals surface area contributed by atoms with Crippen LogP contribution >= 0.6 is 0 Å². The maximum Gasteiger partial charge on any atom is 0.304 e. The van der Waals surface area contributed by atoms with E-state index in [4.69, 9.17) is 4.98 Å². The maximum atomic E-state index is 12.0. The van der Waals surface area contributed by atoms with E-state index in [1.54, 1.807) is 4.68 Å². The second kappa shape index (κ2) is 12.1. The summed E-state index contributed by atoms with van der Waals surface area (Å²) < 4.78 is 4.03. The summed E-state index contributed by atoms with van der Waals surface area (Å²) in [7, 11) is 1.87. The lowest BCUT2D eigenvalue weighted by Crippen LogP contribution is -2.18. The number of aliphatic carboxylic acids is 1. The third-order valence-corrected chi connectivity index (χ3v) is 8.77. The first-order valence-electron chi connectivity index (χ1n) is 13.9. The van der Waals surface area contributed by atoms with Crippen LogP contribution in [0.25, 0.3) is 11.0 Å². The van der Waals surface area contributed by atoms with Crippen LogP contribution < -0.4 is 0 Å². The second-order valence-corrected chi connectivity index (χ2v) is 11.2. The maximum absolute atomic E-state index is 12.0. The van der Waals surface area contributed by atoms with Gasteiger partial charge in [-0.2, -0.15) is 0 Å². The molecule has 2 heterocycles. The van der Waals surface area contributed by atoms with E-state index in [0.717, 1.165) is 52.4 Å². The number of imidazole rings is 1. The van der Waals surface area contributed by atoms with Gasteiger partial charge in [0, 0.05) is 38.3 Å². The van der Waals surface area contributed by atoms with Crippen molar-refractivity contribution in [3.63, 3.8) is 0 Å². The van der Waals surface area contributed by atoms with Gasteiger partial charge >= 0.3 is 5.97 Å². The normalized spacial score (nSPS) is 18.2. The summed E-state index contributed by atoms with van der Waals surface area (Å²) in [6.45, 7) is 7.19. The van der Waals surface area contributed by atoms with E-state index in [0.29, 0.717) is 5.92 Å². The Morgan fingerprint density at radius 3 is 2.56 bits per heavy atom. The third kappa shape index (κ3) is 6.07. The number of carbonyl (C=O) groups is 1. The van der Waals surface area contributed by atoms with Crippen LogP contribution in [0, 0.1) is 25.7 Å². The number of nitrogens with zero attached hydrogens (tertiary/aromatic N) is 5. The van der Waals surface area contributed by atoms with Gasteiger partial charge in [0.15, 0.2) is 0 Å². The van der Waals surface area contributed by atoms with Gasteiger partial charge in [0.1, 0.15) is 11.3 Å². The second-order valence-electron chi connectivity index (χ2n) is 11.2. The molecule has 1 fully saturated rings. The fourth-order valence-electron chi connectivity index (χ4n) is 6.25. The van der Waals surface area contributed by atoms with Crippen molar-refractivity contribution in [2.45, 2.75) is 85.6 Å². The highest BCUT2D eigenvalue weighted by atomic mass is 16.4. The molecule has 0 saturated heterocycles. The summed E-state index contributed by atoms with van der Waals surface area (Å²) in [4.78, 5) is 16.7. The summed E-state index contributed by atoms with van der Waals surface area (Å²) in [5, 5.41) is 18.3. The summed E-state index contributed by atoms with van der Waals surface area (Å²) in [6.07, 6.45) is 11.6. The number of hydrogen-bond donors (Lipinski definition) is 1. The van der Waals surface area contributed by atoms with E-state index in [1.807, 2.05) is 32.3 Å². The molecule has 1 saturated carbocycles. The number of fused-ring (bicyclic) bond motifs is 1. The van der Waals surface area contributed by atoms with Gasteiger partial charge < -0.3 is 9.67 Å². The van der Waals surface area contributed by atoms with Crippen LogP contribution in [0.1, 0.15) is 92.4 Å². The number of hydrogen-bond acceptors (Lipinski definition) is 4. The Balaban J connectivity index is 0.00000353. The topological polar surface area (TPSA) is 85.8 Å². The standard InChI is InChI=1S/C31H39N5O2.CH4/c1-5-22-7-9-23(10-8-22)16-29-32-14-15-36(29)19-25-17-24(11-6-20(25)2)27(18-30(37)38)26-12-13-28-31(21(26)3)33-34-35(28)4;/h6,11-15,17,22-23,27H,5,7-10,16,18-19H2,1-4H3,(H,37,38);1H4. The van der Waals surface area contributed by atoms with Crippen LogP contribution in [-0.4, -0.2) is 35.6 Å². The van der Waals surface area contributed by atoms with Gasteiger partial charge in [-0.05, 0) is 72.4 Å². The minimum Gasteiger partial charge on any atom is -0.481 e. The Bertz CT molecular complexity index is 1430. The van der Waals surface area contributed by atoms with Crippen molar-refractivity contribution in [2.75, 3.05) is 0 Å². The lowest BCUT2D eigenvalue weighted by Gasteiger charge is -2.27. The molecule has 2 aromatic carbocycles. The van der Waals surface area contributed by atoms with Gasteiger partial charge in [0.25, 0.3) is 0 Å². The zero-order valence-corrected chi connectivity index (χ0v) is 23.0. The SMILES string of the molecule is C.CCC1CCC(Cc2nccn2Cc2cc(C(CC(=O)O)c3ccc4c(nnn4C)c3C)ccc2C)CC1. The minimum atomic E-state index is -0.814. The van der Waals surface area contributed by atoms with E-state index in [2.05, 4.69) is 53.1 Å². The quantitative estimate of drug-likeness (QED) is 0.257. The van der Waals surface area contributed by atoms with Crippen LogP contribution in [-0.2, 0) is 24.8 Å². The molecule has 0 spiro atoms. The molecule has 1 aliphatic carbocycles. The molecule has 0 aliphatic heterocycles. The van der Waals surface area contributed by atoms with Crippen molar-refractivity contribution in [3.8, 4) is 0 Å². The van der Waals surface area contributed by atoms with Crippen molar-refractivity contribution in [1.82, 2.24) is 24.5 Å². The lowest BCUT2D eigenvalue weighted by molar-refractivity contribution is -0.137. The third-order valence-electron chi connectivity index (χ3n) is 8.77. The fraction of sp³-hybridized carbons (Fsp3) is 0.500. The van der Waals surface area contributed by atoms with E-state index in [-0.39, 0.29) is 19.8 Å². The summed E-state index contributed by atoms with van der Waals surface area (Å²) >= 11 is 0. The van der Waals surface area contributed by atoms with Crippen molar-refractivity contribution in [1.29, 1.82) is 0 Å². The highest BCUT2D eigenvalue weighted by Crippen LogP contribution is 2.35. The molecule has 1 N–H and O–H groups in total. The Kier molecular flexibility index (Phi) is 8.88. The molecule has 1 unspecified atom stereocenters. The van der Waals surface area contributed by atoms with E-state index < -0.39 is 5.97 Å². The highest BCUT2D eigenvalue weighted by Gasteiger charge is 2.24. The molecule has 7 heteroatoms. The fourth-order valence-corrected chi connectivity index (χ4v) is 6.25. The summed E-state index contributed by atoms with van der Waals surface area (Å²) in [5.74, 6) is 1.68. The summed E-state index contributed by atoms with van der Waals surface area (Å²) in [5.41, 5.74) is 7.15. The van der Waals surface area contributed by atoms with Crippen LogP contribution in [0.15, 0.2) is 42.7 Å². The lowest BCUT2D eigenvalue weighted by atomic mass is 9.79. The van der Waals surface area contributed by atoms with Crippen molar-refractivity contribution in [3.05, 3.63) is 76.4 Å². The largest absolute Gasteiger partial charge is 0.481 e. The van der Waals surface area contributed by atoms with Gasteiger partial charge in [-0.1, -0.05) is 63.1 Å². The Morgan fingerprint density at radius 2 is 1.85 bits per heavy atom. The predicted octanol–water partition coefficient (Wildman–Crippen LogP) is 6.83. The first-order chi connectivity index (χ1) is 18.3. The van der Waals surface area contributed by atoms with Crippen LogP contribution in [0.3, 0.4) is 0 Å². The zero-order valence-electron chi connectivity index (χ0n) is 23.0. The van der Waals surface area contributed by atoms with Gasteiger partial charge in [-0.25, -0.2) is 9.67 Å². The van der Waals surface area contributed by atoms with E-state index >= 15 is 0 Å². The van der Waals surface area contributed by atoms with Crippen molar-refractivity contribution in [2.24, 2.45) is 18.9 Å². The number of rotatable bonds is 9. The summed E-state index contributed by atoms with van der Waals surface area (Å²) in [6, 6.07) is 10.4. The first-order valence-corrected chi connectivity index (χ1v) is 13.9. The van der Waals surface area contributed by atoms with Gasteiger partial charge in [0.2, 0.25) is 0 Å². The average Bonchev–Trinajstić information content (AvgIpc) is 3.51. The Labute approximate surface area is 232 Å². The van der Waals surface area contributed by atoms with Crippen molar-refractivity contribution >= 4 is 17.0 Å².